The predicted molar refractivity (Wildman–Crippen MR) is 152 cm³/mol. The van der Waals surface area contributed by atoms with Crippen molar-refractivity contribution in [2.24, 2.45) is 0 Å². The van der Waals surface area contributed by atoms with Gasteiger partial charge in [0.1, 0.15) is 24.5 Å². The molecule has 202 valence electrons. The lowest BCUT2D eigenvalue weighted by Crippen LogP contribution is -2.54. The van der Waals surface area contributed by atoms with Gasteiger partial charge in [0.25, 0.3) is 11.8 Å². The molecular formula is C30H29BrN2O6. The van der Waals surface area contributed by atoms with E-state index in [4.69, 9.17) is 14.2 Å². The summed E-state index contributed by atoms with van der Waals surface area (Å²) in [5.74, 6) is 0.692. The van der Waals surface area contributed by atoms with Gasteiger partial charge in [-0.2, -0.15) is 0 Å². The fraction of sp³-hybridized carbons (Fsp3) is 0.233. The van der Waals surface area contributed by atoms with E-state index in [1.165, 1.54) is 18.7 Å². The molecule has 1 fully saturated rings. The minimum absolute atomic E-state index is 0.180. The third kappa shape index (κ3) is 6.67. The summed E-state index contributed by atoms with van der Waals surface area (Å²) in [6.45, 7) is 4.98. The maximum Gasteiger partial charge on any atom is 0.335 e. The second kappa shape index (κ2) is 12.6. The number of barbiturate groups is 1. The normalized spacial score (nSPS) is 15.2. The fourth-order valence-electron chi connectivity index (χ4n) is 3.98. The molecule has 4 amide bonds. The lowest BCUT2D eigenvalue weighted by Gasteiger charge is -2.26. The van der Waals surface area contributed by atoms with Crippen LogP contribution < -0.4 is 24.4 Å². The highest BCUT2D eigenvalue weighted by atomic mass is 79.9. The van der Waals surface area contributed by atoms with E-state index in [2.05, 4.69) is 47.2 Å². The number of halogens is 1. The number of carbonyl (C=O) groups excluding carboxylic acids is 3. The van der Waals surface area contributed by atoms with Gasteiger partial charge in [0.2, 0.25) is 0 Å². The quantitative estimate of drug-likeness (QED) is 0.174. The molecule has 3 aromatic carbocycles. The Morgan fingerprint density at radius 2 is 1.62 bits per heavy atom. The van der Waals surface area contributed by atoms with Crippen LogP contribution in [0.5, 0.6) is 17.2 Å². The first-order valence-electron chi connectivity index (χ1n) is 12.5. The highest BCUT2D eigenvalue weighted by Crippen LogP contribution is 2.30. The Balaban J connectivity index is 1.42. The molecule has 8 nitrogen and oxygen atoms in total. The third-order valence-electron chi connectivity index (χ3n) is 6.36. The number of nitrogens with zero attached hydrogens (tertiary/aromatic N) is 1. The molecule has 0 unspecified atom stereocenters. The molecule has 9 heteroatoms. The molecule has 1 atom stereocenters. The van der Waals surface area contributed by atoms with Crippen LogP contribution in [0.25, 0.3) is 6.08 Å². The Morgan fingerprint density at radius 3 is 2.28 bits per heavy atom. The van der Waals surface area contributed by atoms with Crippen molar-refractivity contribution in [2.75, 3.05) is 25.2 Å². The highest BCUT2D eigenvalue weighted by molar-refractivity contribution is 9.10. The van der Waals surface area contributed by atoms with E-state index in [9.17, 15) is 14.4 Å². The number of rotatable bonds is 10. The summed E-state index contributed by atoms with van der Waals surface area (Å²) in [7, 11) is 1.50. The first-order chi connectivity index (χ1) is 18.8. The summed E-state index contributed by atoms with van der Waals surface area (Å²) in [6.07, 6.45) is 2.49. The number of hydrogen-bond acceptors (Lipinski definition) is 6. The van der Waals surface area contributed by atoms with E-state index < -0.39 is 17.8 Å². The molecule has 4 rings (SSSR count). The zero-order valence-electron chi connectivity index (χ0n) is 21.9. The molecule has 0 saturated carbocycles. The van der Waals surface area contributed by atoms with E-state index in [1.54, 1.807) is 42.5 Å². The van der Waals surface area contributed by atoms with Gasteiger partial charge in [0.05, 0.1) is 12.8 Å². The van der Waals surface area contributed by atoms with Gasteiger partial charge >= 0.3 is 6.03 Å². The van der Waals surface area contributed by atoms with Crippen molar-refractivity contribution >= 4 is 45.5 Å². The van der Waals surface area contributed by atoms with Gasteiger partial charge in [-0.15, -0.1) is 0 Å². The lowest BCUT2D eigenvalue weighted by atomic mass is 9.99. The van der Waals surface area contributed by atoms with Gasteiger partial charge in [0, 0.05) is 4.47 Å². The van der Waals surface area contributed by atoms with Crippen molar-refractivity contribution in [3.63, 3.8) is 0 Å². The van der Waals surface area contributed by atoms with Crippen LogP contribution in [0.3, 0.4) is 0 Å². The zero-order valence-corrected chi connectivity index (χ0v) is 23.5. The van der Waals surface area contributed by atoms with Crippen molar-refractivity contribution in [3.8, 4) is 17.2 Å². The molecule has 0 spiro atoms. The van der Waals surface area contributed by atoms with Crippen LogP contribution >= 0.6 is 15.9 Å². The Hall–Kier alpha value is -4.11. The summed E-state index contributed by atoms with van der Waals surface area (Å²) in [5, 5.41) is 2.22. The smallest absolute Gasteiger partial charge is 0.335 e. The molecule has 0 bridgehead atoms. The van der Waals surface area contributed by atoms with Crippen LogP contribution in [0.1, 0.15) is 37.3 Å². The molecule has 3 aromatic rings. The molecular weight excluding hydrogens is 564 g/mol. The van der Waals surface area contributed by atoms with Gasteiger partial charge in [0.15, 0.2) is 11.5 Å². The minimum atomic E-state index is -0.806. The molecule has 0 aliphatic carbocycles. The summed E-state index contributed by atoms with van der Waals surface area (Å²) in [4.78, 5) is 38.9. The Morgan fingerprint density at radius 1 is 0.923 bits per heavy atom. The topological polar surface area (TPSA) is 94.2 Å². The second-order valence-electron chi connectivity index (χ2n) is 8.92. The number of imide groups is 2. The number of anilines is 1. The van der Waals surface area contributed by atoms with Gasteiger partial charge in [-0.1, -0.05) is 48.0 Å². The van der Waals surface area contributed by atoms with Crippen LogP contribution in [-0.2, 0) is 9.59 Å². The molecule has 39 heavy (non-hydrogen) atoms. The predicted octanol–water partition coefficient (Wildman–Crippen LogP) is 6.10. The molecule has 1 saturated heterocycles. The second-order valence-corrected chi connectivity index (χ2v) is 9.84. The van der Waals surface area contributed by atoms with E-state index in [-0.39, 0.29) is 12.2 Å². The van der Waals surface area contributed by atoms with Crippen molar-refractivity contribution < 1.29 is 28.6 Å². The molecule has 1 N–H and O–H groups in total. The van der Waals surface area contributed by atoms with E-state index in [0.717, 1.165) is 21.5 Å². The largest absolute Gasteiger partial charge is 0.493 e. The van der Waals surface area contributed by atoms with Gasteiger partial charge < -0.3 is 14.2 Å². The third-order valence-corrected chi connectivity index (χ3v) is 6.88. The van der Waals surface area contributed by atoms with Crippen LogP contribution in [0.2, 0.25) is 0 Å². The molecule has 1 aliphatic heterocycles. The Labute approximate surface area is 235 Å². The molecule has 0 aromatic heterocycles. The molecule has 1 heterocycles. The average Bonchev–Trinajstić information content (AvgIpc) is 2.94. The van der Waals surface area contributed by atoms with E-state index >= 15 is 0 Å². The number of benzene rings is 3. The first kappa shape index (κ1) is 27.9. The van der Waals surface area contributed by atoms with Crippen LogP contribution in [0.15, 0.2) is 76.8 Å². The van der Waals surface area contributed by atoms with Crippen LogP contribution in [-0.4, -0.2) is 38.2 Å². The molecule has 1 aliphatic rings. The van der Waals surface area contributed by atoms with Crippen LogP contribution in [0.4, 0.5) is 10.5 Å². The highest BCUT2D eigenvalue weighted by Gasteiger charge is 2.36. The minimum Gasteiger partial charge on any atom is -0.493 e. The summed E-state index contributed by atoms with van der Waals surface area (Å²) in [5.41, 5.74) is 1.97. The number of urea groups is 1. The number of hydrogen-bond donors (Lipinski definition) is 1. The summed E-state index contributed by atoms with van der Waals surface area (Å²) >= 11 is 3.33. The standard InChI is InChI=1S/C30H29BrN2O6/c1-4-19(2)21-6-12-24(13-7-21)38-15-16-39-26-14-5-20(18-27(26)37-3)17-25-28(34)32-30(36)33(29(25)35)23-10-8-22(31)9-11-23/h5-14,17-19H,4,15-16H2,1-3H3,(H,32,34,36)/b25-17-/t19-/m0/s1. The van der Waals surface area contributed by atoms with Crippen molar-refractivity contribution in [1.82, 2.24) is 5.32 Å². The number of carbonyl (C=O) groups is 3. The summed E-state index contributed by atoms with van der Waals surface area (Å²) < 4.78 is 17.9. The van der Waals surface area contributed by atoms with E-state index in [0.29, 0.717) is 35.3 Å². The molecule has 0 radical (unpaired) electrons. The van der Waals surface area contributed by atoms with Gasteiger partial charge in [-0.25, -0.2) is 9.69 Å². The SMILES string of the molecule is CC[C@H](C)c1ccc(OCCOc2ccc(/C=C3/C(=O)NC(=O)N(c4ccc(Br)cc4)C3=O)cc2OC)cc1. The number of amides is 4. The van der Waals surface area contributed by atoms with Crippen LogP contribution in [0, 0.1) is 0 Å². The van der Waals surface area contributed by atoms with Crippen molar-refractivity contribution in [3.05, 3.63) is 87.9 Å². The average molecular weight is 593 g/mol. The van der Waals surface area contributed by atoms with E-state index in [1.807, 2.05) is 12.1 Å². The maximum atomic E-state index is 13.1. The zero-order chi connectivity index (χ0) is 27.9. The Kier molecular flexibility index (Phi) is 9.03. The number of methoxy groups -OCH3 is 1. The summed E-state index contributed by atoms with van der Waals surface area (Å²) in [6, 6.07) is 18.9. The van der Waals surface area contributed by atoms with Crippen molar-refractivity contribution in [2.45, 2.75) is 26.2 Å². The van der Waals surface area contributed by atoms with Gasteiger partial charge in [-0.05, 0) is 78.1 Å². The monoisotopic (exact) mass is 592 g/mol. The fourth-order valence-corrected chi connectivity index (χ4v) is 4.25. The lowest BCUT2D eigenvalue weighted by molar-refractivity contribution is -0.122. The number of ether oxygens (including phenoxy) is 3. The number of nitrogens with one attached hydrogen (secondary N) is 1. The Bertz CT molecular complexity index is 1390. The maximum absolute atomic E-state index is 13.1. The first-order valence-corrected chi connectivity index (χ1v) is 13.3. The van der Waals surface area contributed by atoms with Gasteiger partial charge in [-0.3, -0.25) is 14.9 Å². The van der Waals surface area contributed by atoms with Crippen molar-refractivity contribution in [1.29, 1.82) is 0 Å².